The van der Waals surface area contributed by atoms with Crippen molar-refractivity contribution in [1.82, 2.24) is 5.32 Å². The van der Waals surface area contributed by atoms with Crippen molar-refractivity contribution in [3.8, 4) is 0 Å². The van der Waals surface area contributed by atoms with E-state index in [9.17, 15) is 4.79 Å². The van der Waals surface area contributed by atoms with Crippen LogP contribution < -0.4 is 5.32 Å². The predicted octanol–water partition coefficient (Wildman–Crippen LogP) is 0.999. The second-order valence-electron chi connectivity index (χ2n) is 3.44. The highest BCUT2D eigenvalue weighted by Gasteiger charge is 2.21. The molecule has 0 saturated heterocycles. The van der Waals surface area contributed by atoms with Crippen molar-refractivity contribution in [1.29, 1.82) is 0 Å². The highest BCUT2D eigenvalue weighted by atomic mass is 16.1. The van der Waals surface area contributed by atoms with Gasteiger partial charge in [-0.3, -0.25) is 4.79 Å². The first-order valence-electron chi connectivity index (χ1n) is 5.19. The van der Waals surface area contributed by atoms with Gasteiger partial charge >= 0.3 is 0 Å². The van der Waals surface area contributed by atoms with Gasteiger partial charge in [0.25, 0.3) is 0 Å². The van der Waals surface area contributed by atoms with Gasteiger partial charge in [0.05, 0.1) is 32.6 Å². The average Bonchev–Trinajstić information content (AvgIpc) is 2.20. The van der Waals surface area contributed by atoms with Crippen LogP contribution in [0, 0.1) is 0 Å². The molecule has 0 aromatic carbocycles. The summed E-state index contributed by atoms with van der Waals surface area (Å²) < 4.78 is 1.05. The fourth-order valence-electron chi connectivity index (χ4n) is 1.61. The van der Waals surface area contributed by atoms with Gasteiger partial charge in [-0.15, -0.1) is 0 Å². The van der Waals surface area contributed by atoms with Gasteiger partial charge in [-0.05, 0) is 20.8 Å². The van der Waals surface area contributed by atoms with Crippen LogP contribution in [0.25, 0.3) is 0 Å². The van der Waals surface area contributed by atoms with Gasteiger partial charge < -0.3 is 9.80 Å². The standard InChI is InChI=1S/C10H22N2O/c1-5-12(6-2,7-3)9-8-10(13)11-4/h5-9H2,1-4H3/p+1. The Kier molecular flexibility index (Phi) is 5.71. The van der Waals surface area contributed by atoms with E-state index in [2.05, 4.69) is 26.1 Å². The quantitative estimate of drug-likeness (QED) is 0.618. The first kappa shape index (κ1) is 12.4. The lowest BCUT2D eigenvalue weighted by atomic mass is 10.2. The molecule has 3 heteroatoms. The van der Waals surface area contributed by atoms with E-state index in [0.717, 1.165) is 30.7 Å². The molecular weight excluding hydrogens is 164 g/mol. The maximum absolute atomic E-state index is 11.1. The maximum atomic E-state index is 11.1. The molecule has 0 aliphatic rings. The van der Waals surface area contributed by atoms with Crippen LogP contribution in [0.5, 0.6) is 0 Å². The van der Waals surface area contributed by atoms with Crippen LogP contribution in [0.2, 0.25) is 0 Å². The molecule has 0 fully saturated rings. The molecule has 0 rings (SSSR count). The van der Waals surface area contributed by atoms with E-state index in [-0.39, 0.29) is 5.91 Å². The van der Waals surface area contributed by atoms with Crippen molar-refractivity contribution in [2.45, 2.75) is 27.2 Å². The minimum atomic E-state index is 0.151. The second kappa shape index (κ2) is 5.97. The molecule has 13 heavy (non-hydrogen) atoms. The van der Waals surface area contributed by atoms with E-state index in [0.29, 0.717) is 6.42 Å². The molecule has 78 valence electrons. The molecule has 0 aromatic rings. The van der Waals surface area contributed by atoms with Crippen LogP contribution in [0.1, 0.15) is 27.2 Å². The number of rotatable bonds is 6. The van der Waals surface area contributed by atoms with Crippen molar-refractivity contribution >= 4 is 5.91 Å². The Hall–Kier alpha value is -0.570. The average molecular weight is 187 g/mol. The summed E-state index contributed by atoms with van der Waals surface area (Å²) >= 11 is 0. The molecule has 0 aromatic heterocycles. The maximum Gasteiger partial charge on any atom is 0.225 e. The first-order chi connectivity index (χ1) is 6.14. The molecule has 0 bridgehead atoms. The molecule has 0 unspecified atom stereocenters. The number of amides is 1. The van der Waals surface area contributed by atoms with E-state index >= 15 is 0 Å². The lowest BCUT2D eigenvalue weighted by Gasteiger charge is -2.35. The fraction of sp³-hybridized carbons (Fsp3) is 0.900. The highest BCUT2D eigenvalue weighted by Crippen LogP contribution is 2.06. The van der Waals surface area contributed by atoms with Crippen molar-refractivity contribution in [3.05, 3.63) is 0 Å². The molecule has 0 aliphatic carbocycles. The fourth-order valence-corrected chi connectivity index (χ4v) is 1.61. The Morgan fingerprint density at radius 2 is 1.62 bits per heavy atom. The number of quaternary nitrogens is 1. The van der Waals surface area contributed by atoms with Gasteiger partial charge in [-0.2, -0.15) is 0 Å². The summed E-state index contributed by atoms with van der Waals surface area (Å²) in [7, 11) is 1.70. The van der Waals surface area contributed by atoms with E-state index < -0.39 is 0 Å². The lowest BCUT2D eigenvalue weighted by Crippen LogP contribution is -2.49. The topological polar surface area (TPSA) is 29.1 Å². The summed E-state index contributed by atoms with van der Waals surface area (Å²) in [5, 5.41) is 2.66. The van der Waals surface area contributed by atoms with E-state index in [1.807, 2.05) is 0 Å². The van der Waals surface area contributed by atoms with Gasteiger partial charge in [0.15, 0.2) is 0 Å². The van der Waals surface area contributed by atoms with Crippen LogP contribution in [0.15, 0.2) is 0 Å². The van der Waals surface area contributed by atoms with E-state index in [1.54, 1.807) is 7.05 Å². The number of hydrogen-bond donors (Lipinski definition) is 1. The zero-order chi connectivity index (χ0) is 10.3. The Balaban J connectivity index is 4.02. The number of nitrogens with one attached hydrogen (secondary N) is 1. The van der Waals surface area contributed by atoms with Crippen LogP contribution in [0.4, 0.5) is 0 Å². The van der Waals surface area contributed by atoms with Crippen molar-refractivity contribution in [2.75, 3.05) is 33.2 Å². The Morgan fingerprint density at radius 1 is 1.15 bits per heavy atom. The van der Waals surface area contributed by atoms with Crippen LogP contribution in [-0.2, 0) is 4.79 Å². The van der Waals surface area contributed by atoms with E-state index in [4.69, 9.17) is 0 Å². The van der Waals surface area contributed by atoms with Crippen molar-refractivity contribution in [3.63, 3.8) is 0 Å². The SMILES string of the molecule is CC[N+](CC)(CC)CCC(=O)NC. The summed E-state index contributed by atoms with van der Waals surface area (Å²) in [4.78, 5) is 11.1. The summed E-state index contributed by atoms with van der Waals surface area (Å²) in [5.41, 5.74) is 0. The minimum Gasteiger partial charge on any atom is -0.359 e. The summed E-state index contributed by atoms with van der Waals surface area (Å²) in [5.74, 6) is 0.151. The second-order valence-corrected chi connectivity index (χ2v) is 3.44. The monoisotopic (exact) mass is 187 g/mol. The third kappa shape index (κ3) is 3.77. The Labute approximate surface area is 81.7 Å². The normalized spacial score (nSPS) is 11.4. The number of carbonyl (C=O) groups is 1. The minimum absolute atomic E-state index is 0.151. The van der Waals surface area contributed by atoms with Gasteiger partial charge in [-0.25, -0.2) is 0 Å². The molecule has 3 nitrogen and oxygen atoms in total. The molecular formula is C10H23N2O+. The summed E-state index contributed by atoms with van der Waals surface area (Å²) in [6.07, 6.45) is 0.645. The van der Waals surface area contributed by atoms with Crippen molar-refractivity contribution in [2.24, 2.45) is 0 Å². The zero-order valence-corrected chi connectivity index (χ0v) is 9.39. The third-order valence-corrected chi connectivity index (χ3v) is 3.10. The molecule has 0 saturated carbocycles. The Morgan fingerprint density at radius 3 is 1.92 bits per heavy atom. The smallest absolute Gasteiger partial charge is 0.225 e. The molecule has 0 radical (unpaired) electrons. The molecule has 0 heterocycles. The summed E-state index contributed by atoms with van der Waals surface area (Å²) in [6.45, 7) is 10.9. The predicted molar refractivity (Wildman–Crippen MR) is 55.4 cm³/mol. The van der Waals surface area contributed by atoms with Crippen LogP contribution in [0.3, 0.4) is 0 Å². The molecule has 0 atom stereocenters. The van der Waals surface area contributed by atoms with Crippen LogP contribution >= 0.6 is 0 Å². The largest absolute Gasteiger partial charge is 0.359 e. The highest BCUT2D eigenvalue weighted by molar-refractivity contribution is 5.75. The molecule has 0 aliphatic heterocycles. The van der Waals surface area contributed by atoms with Gasteiger partial charge in [0, 0.05) is 7.05 Å². The zero-order valence-electron chi connectivity index (χ0n) is 9.39. The number of nitrogens with zero attached hydrogens (tertiary/aromatic N) is 1. The third-order valence-electron chi connectivity index (χ3n) is 3.10. The number of hydrogen-bond acceptors (Lipinski definition) is 1. The Bertz CT molecular complexity index is 145. The van der Waals surface area contributed by atoms with Gasteiger partial charge in [0.2, 0.25) is 5.91 Å². The first-order valence-corrected chi connectivity index (χ1v) is 5.19. The summed E-state index contributed by atoms with van der Waals surface area (Å²) in [6, 6.07) is 0. The lowest BCUT2D eigenvalue weighted by molar-refractivity contribution is -0.922. The van der Waals surface area contributed by atoms with Crippen molar-refractivity contribution < 1.29 is 9.28 Å². The molecule has 1 amide bonds. The molecule has 1 N–H and O–H groups in total. The van der Waals surface area contributed by atoms with Crippen LogP contribution in [-0.4, -0.2) is 43.6 Å². The van der Waals surface area contributed by atoms with Gasteiger partial charge in [0.1, 0.15) is 0 Å². The number of carbonyl (C=O) groups excluding carboxylic acids is 1. The van der Waals surface area contributed by atoms with Gasteiger partial charge in [-0.1, -0.05) is 0 Å². The van der Waals surface area contributed by atoms with E-state index in [1.165, 1.54) is 0 Å². The molecule has 0 spiro atoms.